The Morgan fingerprint density at radius 1 is 1.15 bits per heavy atom. The highest BCUT2D eigenvalue weighted by Crippen LogP contribution is 2.35. The summed E-state index contributed by atoms with van der Waals surface area (Å²) >= 11 is 17.2. The summed E-state index contributed by atoms with van der Waals surface area (Å²) in [5.74, 6) is 0. The van der Waals surface area contributed by atoms with Crippen LogP contribution in [0.5, 0.6) is 0 Å². The van der Waals surface area contributed by atoms with Crippen molar-refractivity contribution in [2.75, 3.05) is 10.7 Å². The fourth-order valence-corrected chi connectivity index (χ4v) is 4.67. The number of rotatable bonds is 5. The second kappa shape index (κ2) is 7.39. The van der Waals surface area contributed by atoms with Crippen LogP contribution < -0.4 is 0 Å². The molecule has 1 heterocycles. The van der Waals surface area contributed by atoms with Gasteiger partial charge in [0.15, 0.2) is 0 Å². The molecule has 106 valence electrons. The lowest BCUT2D eigenvalue weighted by molar-refractivity contribution is 0.550. The molecule has 2 aromatic rings. The van der Waals surface area contributed by atoms with E-state index in [9.17, 15) is 0 Å². The van der Waals surface area contributed by atoms with Crippen LogP contribution in [-0.4, -0.2) is 15.6 Å². The monoisotopic (exact) mass is 479 g/mol. The predicted molar refractivity (Wildman–Crippen MR) is 96.4 cm³/mol. The SMILES string of the molecule is Clc1cnccc1CC(CBr)(CBr)c1cccc(Br)c1. The highest BCUT2D eigenvalue weighted by molar-refractivity contribution is 9.10. The van der Waals surface area contributed by atoms with Crippen LogP contribution in [0.3, 0.4) is 0 Å². The number of nitrogens with zero attached hydrogens (tertiary/aromatic N) is 1. The Balaban J connectivity index is 2.42. The first-order valence-electron chi connectivity index (χ1n) is 6.08. The van der Waals surface area contributed by atoms with Gasteiger partial charge in [-0.15, -0.1) is 0 Å². The first kappa shape index (κ1) is 16.5. The van der Waals surface area contributed by atoms with Gasteiger partial charge in [0.2, 0.25) is 0 Å². The maximum absolute atomic E-state index is 6.26. The average molecular weight is 482 g/mol. The molecule has 0 radical (unpaired) electrons. The smallest absolute Gasteiger partial charge is 0.0621 e. The number of benzene rings is 1. The molecule has 0 aliphatic carbocycles. The van der Waals surface area contributed by atoms with Gasteiger partial charge in [0.1, 0.15) is 0 Å². The van der Waals surface area contributed by atoms with Crippen LogP contribution in [-0.2, 0) is 11.8 Å². The highest BCUT2D eigenvalue weighted by Gasteiger charge is 2.31. The standard InChI is InChI=1S/C15H13Br3ClN/c16-9-15(10-17,12-2-1-3-13(18)6-12)7-11-4-5-20-8-14(11)19/h1-6,8H,7,9-10H2. The molecule has 0 unspecified atom stereocenters. The zero-order valence-electron chi connectivity index (χ0n) is 10.6. The molecule has 0 saturated heterocycles. The maximum atomic E-state index is 6.26. The van der Waals surface area contributed by atoms with Crippen molar-refractivity contribution in [1.29, 1.82) is 0 Å². The fourth-order valence-electron chi connectivity index (χ4n) is 2.12. The van der Waals surface area contributed by atoms with Crippen molar-refractivity contribution < 1.29 is 0 Å². The molecule has 0 spiro atoms. The van der Waals surface area contributed by atoms with Crippen LogP contribution in [0.15, 0.2) is 47.2 Å². The van der Waals surface area contributed by atoms with Crippen LogP contribution in [0.4, 0.5) is 0 Å². The average Bonchev–Trinajstić information content (AvgIpc) is 2.47. The Labute approximate surface area is 149 Å². The summed E-state index contributed by atoms with van der Waals surface area (Å²) in [6.07, 6.45) is 4.33. The molecular formula is C15H13Br3ClN. The second-order valence-corrected chi connectivity index (χ2v) is 7.15. The molecule has 0 bridgehead atoms. The molecule has 20 heavy (non-hydrogen) atoms. The quantitative estimate of drug-likeness (QED) is 0.494. The number of pyridine rings is 1. The van der Waals surface area contributed by atoms with E-state index in [1.807, 2.05) is 12.1 Å². The summed E-state index contributed by atoms with van der Waals surface area (Å²) in [4.78, 5) is 4.05. The zero-order valence-corrected chi connectivity index (χ0v) is 16.1. The third kappa shape index (κ3) is 3.65. The Morgan fingerprint density at radius 3 is 2.50 bits per heavy atom. The normalized spacial score (nSPS) is 11.6. The van der Waals surface area contributed by atoms with E-state index in [-0.39, 0.29) is 5.41 Å². The molecule has 1 nitrogen and oxygen atoms in total. The van der Waals surface area contributed by atoms with Gasteiger partial charge in [0, 0.05) is 32.9 Å². The molecule has 0 saturated carbocycles. The largest absolute Gasteiger partial charge is 0.263 e. The molecular weight excluding hydrogens is 469 g/mol. The molecule has 0 aliphatic rings. The van der Waals surface area contributed by atoms with Crippen molar-refractivity contribution in [1.82, 2.24) is 4.98 Å². The van der Waals surface area contributed by atoms with Crippen molar-refractivity contribution in [3.63, 3.8) is 0 Å². The Kier molecular flexibility index (Phi) is 6.09. The van der Waals surface area contributed by atoms with Crippen LogP contribution in [0.2, 0.25) is 5.02 Å². The predicted octanol–water partition coefficient (Wildman–Crippen LogP) is 5.77. The van der Waals surface area contributed by atoms with E-state index < -0.39 is 0 Å². The van der Waals surface area contributed by atoms with Gasteiger partial charge >= 0.3 is 0 Å². The summed E-state index contributed by atoms with van der Waals surface area (Å²) in [7, 11) is 0. The second-order valence-electron chi connectivity index (χ2n) is 4.70. The summed E-state index contributed by atoms with van der Waals surface area (Å²) in [5, 5.41) is 2.41. The third-order valence-electron chi connectivity index (χ3n) is 3.33. The molecule has 1 aromatic heterocycles. The summed E-state index contributed by atoms with van der Waals surface area (Å²) < 4.78 is 1.09. The minimum Gasteiger partial charge on any atom is -0.263 e. The van der Waals surface area contributed by atoms with E-state index in [2.05, 4.69) is 71.0 Å². The highest BCUT2D eigenvalue weighted by atomic mass is 79.9. The van der Waals surface area contributed by atoms with Crippen molar-refractivity contribution in [2.24, 2.45) is 0 Å². The van der Waals surface area contributed by atoms with E-state index >= 15 is 0 Å². The maximum Gasteiger partial charge on any atom is 0.0621 e. The summed E-state index contributed by atoms with van der Waals surface area (Å²) in [6.45, 7) is 0. The van der Waals surface area contributed by atoms with Crippen molar-refractivity contribution in [3.05, 3.63) is 63.3 Å². The molecule has 0 N–H and O–H groups in total. The van der Waals surface area contributed by atoms with Gasteiger partial charge in [0.25, 0.3) is 0 Å². The number of alkyl halides is 2. The molecule has 0 atom stereocenters. The van der Waals surface area contributed by atoms with Crippen molar-refractivity contribution in [3.8, 4) is 0 Å². The number of hydrogen-bond acceptors (Lipinski definition) is 1. The van der Waals surface area contributed by atoms with Gasteiger partial charge in [0.05, 0.1) is 5.02 Å². The summed E-state index contributed by atoms with van der Waals surface area (Å²) in [5.41, 5.74) is 2.34. The molecule has 2 rings (SSSR count). The molecule has 0 fully saturated rings. The Hall–Kier alpha value is 0.1000. The van der Waals surface area contributed by atoms with Crippen LogP contribution in [0.25, 0.3) is 0 Å². The molecule has 5 heteroatoms. The van der Waals surface area contributed by atoms with Crippen LogP contribution in [0, 0.1) is 0 Å². The number of aromatic nitrogens is 1. The topological polar surface area (TPSA) is 12.9 Å². The molecule has 0 aliphatic heterocycles. The molecule has 0 amide bonds. The van der Waals surface area contributed by atoms with Crippen molar-refractivity contribution >= 4 is 59.4 Å². The molecule has 1 aromatic carbocycles. The lowest BCUT2D eigenvalue weighted by Crippen LogP contribution is -2.33. The minimum absolute atomic E-state index is 0.0469. The lowest BCUT2D eigenvalue weighted by atomic mass is 9.79. The third-order valence-corrected chi connectivity index (χ3v) is 6.31. The van der Waals surface area contributed by atoms with Crippen LogP contribution >= 0.6 is 59.4 Å². The van der Waals surface area contributed by atoms with Gasteiger partial charge in [-0.25, -0.2) is 0 Å². The van der Waals surface area contributed by atoms with E-state index in [0.29, 0.717) is 5.02 Å². The van der Waals surface area contributed by atoms with Gasteiger partial charge in [-0.2, -0.15) is 0 Å². The number of halogens is 4. The van der Waals surface area contributed by atoms with E-state index in [0.717, 1.165) is 27.1 Å². The van der Waals surface area contributed by atoms with Gasteiger partial charge < -0.3 is 0 Å². The number of hydrogen-bond donors (Lipinski definition) is 0. The zero-order chi connectivity index (χ0) is 14.6. The van der Waals surface area contributed by atoms with Gasteiger partial charge in [-0.3, -0.25) is 4.98 Å². The van der Waals surface area contributed by atoms with Gasteiger partial charge in [-0.05, 0) is 35.7 Å². The van der Waals surface area contributed by atoms with Crippen LogP contribution in [0.1, 0.15) is 11.1 Å². The first-order valence-corrected chi connectivity index (χ1v) is 9.49. The van der Waals surface area contributed by atoms with Crippen molar-refractivity contribution in [2.45, 2.75) is 11.8 Å². The Morgan fingerprint density at radius 2 is 1.90 bits per heavy atom. The minimum atomic E-state index is -0.0469. The van der Waals surface area contributed by atoms with E-state index in [1.54, 1.807) is 12.4 Å². The van der Waals surface area contributed by atoms with E-state index in [4.69, 9.17) is 11.6 Å². The first-order chi connectivity index (χ1) is 9.61. The van der Waals surface area contributed by atoms with Gasteiger partial charge in [-0.1, -0.05) is 71.5 Å². The lowest BCUT2D eigenvalue weighted by Gasteiger charge is -2.31. The van der Waals surface area contributed by atoms with E-state index in [1.165, 1.54) is 5.56 Å². The fraction of sp³-hybridized carbons (Fsp3) is 0.267. The Bertz CT molecular complexity index is 585. The summed E-state index contributed by atoms with van der Waals surface area (Å²) in [6, 6.07) is 10.4.